The van der Waals surface area contributed by atoms with Crippen LogP contribution in [0.5, 0.6) is 0 Å². The monoisotopic (exact) mass is 360 g/mol. The molecule has 2 aliphatic heterocycles. The fraction of sp³-hybridized carbons (Fsp3) is 0.864. The molecule has 0 radical (unpaired) electrons. The van der Waals surface area contributed by atoms with Gasteiger partial charge in [0.05, 0.1) is 5.92 Å². The van der Waals surface area contributed by atoms with Gasteiger partial charge in [-0.2, -0.15) is 0 Å². The van der Waals surface area contributed by atoms with Crippen LogP contribution in [0.3, 0.4) is 0 Å². The molecule has 146 valence electrons. The molecule has 2 heterocycles. The van der Waals surface area contributed by atoms with Gasteiger partial charge in [0.15, 0.2) is 0 Å². The van der Waals surface area contributed by atoms with E-state index in [9.17, 15) is 4.79 Å². The van der Waals surface area contributed by atoms with E-state index >= 15 is 0 Å². The topological polar surface area (TPSA) is 32.8 Å². The first-order valence-corrected chi connectivity index (χ1v) is 10.6. The number of rotatable bonds is 3. The maximum atomic E-state index is 12.7. The first-order chi connectivity index (χ1) is 12.4. The molecule has 26 heavy (non-hydrogen) atoms. The Labute approximate surface area is 158 Å². The molecule has 2 saturated heterocycles. The molecule has 4 heteroatoms. The van der Waals surface area contributed by atoms with Gasteiger partial charge < -0.3 is 14.5 Å². The summed E-state index contributed by atoms with van der Waals surface area (Å²) in [5.41, 5.74) is 1.73. The van der Waals surface area contributed by atoms with Crippen molar-refractivity contribution < 1.29 is 9.53 Å². The average molecular weight is 361 g/mol. The Bertz CT molecular complexity index is 568. The molecule has 2 aliphatic carbocycles. The zero-order valence-corrected chi connectivity index (χ0v) is 16.9. The van der Waals surface area contributed by atoms with Crippen LogP contribution in [0.15, 0.2) is 12.2 Å². The van der Waals surface area contributed by atoms with Crippen LogP contribution in [0.2, 0.25) is 0 Å². The van der Waals surface area contributed by atoms with Crippen LogP contribution in [-0.4, -0.2) is 61.6 Å². The molecular weight excluding hydrogens is 324 g/mol. The number of ether oxygens (including phenoxy) is 1. The zero-order chi connectivity index (χ0) is 18.5. The Hall–Kier alpha value is -0.870. The van der Waals surface area contributed by atoms with Crippen LogP contribution < -0.4 is 0 Å². The van der Waals surface area contributed by atoms with Crippen LogP contribution >= 0.6 is 0 Å². The lowest BCUT2D eigenvalue weighted by Gasteiger charge is -2.50. The minimum Gasteiger partial charge on any atom is -0.462 e. The van der Waals surface area contributed by atoms with Gasteiger partial charge in [0, 0.05) is 18.5 Å². The predicted octanol–water partition coefficient (Wildman–Crippen LogP) is 3.33. The highest BCUT2D eigenvalue weighted by molar-refractivity contribution is 5.75. The number of hydrogen-bond acceptors (Lipinski definition) is 4. The highest BCUT2D eigenvalue weighted by atomic mass is 16.6. The standard InChI is InChI=1S/C22H36N2O2/c1-15-6-5-9-22(2)13-20-17(12-19(15)22)18(21(25)26-20)14-24(4)16-7-10-23(3)11-8-16/h16-20H,1,5-14H2,2-4H3/t17-,18-,19+,20+,22-/m0/s1. The first kappa shape index (κ1) is 18.5. The van der Waals surface area contributed by atoms with Crippen molar-refractivity contribution in [3.63, 3.8) is 0 Å². The van der Waals surface area contributed by atoms with Crippen molar-refractivity contribution in [1.82, 2.24) is 9.80 Å². The lowest BCUT2D eigenvalue weighted by molar-refractivity contribution is -0.146. The van der Waals surface area contributed by atoms with E-state index in [0.717, 1.165) is 32.5 Å². The van der Waals surface area contributed by atoms with Gasteiger partial charge in [0.25, 0.3) is 0 Å². The van der Waals surface area contributed by atoms with Crippen LogP contribution in [0.1, 0.15) is 51.9 Å². The van der Waals surface area contributed by atoms with Crippen molar-refractivity contribution in [2.45, 2.75) is 64.0 Å². The van der Waals surface area contributed by atoms with E-state index in [1.54, 1.807) is 0 Å². The number of carbonyl (C=O) groups excluding carboxylic acids is 1. The SMILES string of the molecule is C=C1CCC[C@@]2(C)C[C@H]3OC(=O)[C@@H](CN(C)C4CCN(C)CC4)[C@@H]3C[C@H]12. The number of nitrogens with zero attached hydrogens (tertiary/aromatic N) is 2. The van der Waals surface area contributed by atoms with Gasteiger partial charge in [-0.15, -0.1) is 0 Å². The van der Waals surface area contributed by atoms with E-state index < -0.39 is 0 Å². The van der Waals surface area contributed by atoms with E-state index in [2.05, 4.69) is 37.4 Å². The molecule has 2 saturated carbocycles. The van der Waals surface area contributed by atoms with E-state index in [1.807, 2.05) is 0 Å². The van der Waals surface area contributed by atoms with Gasteiger partial charge in [0.2, 0.25) is 0 Å². The van der Waals surface area contributed by atoms with Crippen molar-refractivity contribution in [2.75, 3.05) is 33.7 Å². The summed E-state index contributed by atoms with van der Waals surface area (Å²) < 4.78 is 5.93. The summed E-state index contributed by atoms with van der Waals surface area (Å²) in [6, 6.07) is 0.608. The van der Waals surface area contributed by atoms with Crippen LogP contribution in [0.25, 0.3) is 0 Å². The van der Waals surface area contributed by atoms with E-state index in [4.69, 9.17) is 4.74 Å². The summed E-state index contributed by atoms with van der Waals surface area (Å²) in [7, 11) is 4.41. The number of piperidine rings is 1. The molecule has 0 unspecified atom stereocenters. The van der Waals surface area contributed by atoms with E-state index in [-0.39, 0.29) is 18.0 Å². The fourth-order valence-corrected chi connectivity index (χ4v) is 6.36. The minimum atomic E-state index is 0.0592. The second kappa shape index (κ2) is 6.94. The maximum Gasteiger partial charge on any atom is 0.310 e. The van der Waals surface area contributed by atoms with E-state index in [1.165, 1.54) is 37.7 Å². The number of fused-ring (bicyclic) bond motifs is 2. The molecule has 0 aromatic heterocycles. The molecular formula is C22H36N2O2. The van der Waals surface area contributed by atoms with Crippen LogP contribution in [0.4, 0.5) is 0 Å². The van der Waals surface area contributed by atoms with Crippen molar-refractivity contribution in [3.8, 4) is 0 Å². The van der Waals surface area contributed by atoms with Crippen LogP contribution in [0, 0.1) is 23.2 Å². The van der Waals surface area contributed by atoms with Gasteiger partial charge in [-0.3, -0.25) is 4.79 Å². The van der Waals surface area contributed by atoms with Crippen LogP contribution in [-0.2, 0) is 9.53 Å². The smallest absolute Gasteiger partial charge is 0.310 e. The Balaban J connectivity index is 1.44. The Morgan fingerprint density at radius 2 is 2.08 bits per heavy atom. The second-order valence-corrected chi connectivity index (χ2v) is 9.88. The molecule has 4 nitrogen and oxygen atoms in total. The lowest BCUT2D eigenvalue weighted by atomic mass is 9.55. The maximum absolute atomic E-state index is 12.7. The van der Waals surface area contributed by atoms with Gasteiger partial charge in [-0.1, -0.05) is 19.1 Å². The van der Waals surface area contributed by atoms with Gasteiger partial charge in [-0.25, -0.2) is 0 Å². The molecule has 0 bridgehead atoms. The fourth-order valence-electron chi connectivity index (χ4n) is 6.36. The molecule has 4 rings (SSSR count). The lowest BCUT2D eigenvalue weighted by Crippen LogP contribution is -2.47. The molecule has 0 aromatic carbocycles. The quantitative estimate of drug-likeness (QED) is 0.571. The largest absolute Gasteiger partial charge is 0.462 e. The summed E-state index contributed by atoms with van der Waals surface area (Å²) >= 11 is 0. The second-order valence-electron chi connectivity index (χ2n) is 9.88. The number of likely N-dealkylation sites (tertiary alicyclic amines) is 1. The van der Waals surface area contributed by atoms with Crippen molar-refractivity contribution in [2.24, 2.45) is 23.2 Å². The van der Waals surface area contributed by atoms with Crippen molar-refractivity contribution in [3.05, 3.63) is 12.2 Å². The van der Waals surface area contributed by atoms with Gasteiger partial charge >= 0.3 is 5.97 Å². The molecule has 0 spiro atoms. The van der Waals surface area contributed by atoms with Crippen molar-refractivity contribution in [1.29, 1.82) is 0 Å². The summed E-state index contributed by atoms with van der Waals surface area (Å²) in [5, 5.41) is 0. The molecule has 5 atom stereocenters. The molecule has 0 amide bonds. The third kappa shape index (κ3) is 3.24. The predicted molar refractivity (Wildman–Crippen MR) is 104 cm³/mol. The Morgan fingerprint density at radius 1 is 1.35 bits per heavy atom. The number of esters is 1. The number of carbonyl (C=O) groups is 1. The zero-order valence-electron chi connectivity index (χ0n) is 16.9. The molecule has 4 fully saturated rings. The van der Waals surface area contributed by atoms with Gasteiger partial charge in [0.1, 0.15) is 6.10 Å². The summed E-state index contributed by atoms with van der Waals surface area (Å²) in [6.45, 7) is 10.0. The highest BCUT2D eigenvalue weighted by Crippen LogP contribution is 2.56. The Kier molecular flexibility index (Phi) is 4.94. The number of hydrogen-bond donors (Lipinski definition) is 0. The molecule has 0 N–H and O–H groups in total. The van der Waals surface area contributed by atoms with Gasteiger partial charge in [-0.05, 0) is 83.5 Å². The normalized spacial score (nSPS) is 41.8. The molecule has 0 aromatic rings. The summed E-state index contributed by atoms with van der Waals surface area (Å²) in [6.07, 6.45) is 8.40. The summed E-state index contributed by atoms with van der Waals surface area (Å²) in [4.78, 5) is 17.6. The Morgan fingerprint density at radius 3 is 2.81 bits per heavy atom. The number of allylic oxidation sites excluding steroid dienone is 1. The minimum absolute atomic E-state index is 0.0592. The van der Waals surface area contributed by atoms with Crippen molar-refractivity contribution >= 4 is 5.97 Å². The average Bonchev–Trinajstić information content (AvgIpc) is 2.88. The summed E-state index contributed by atoms with van der Waals surface area (Å²) in [5.74, 6) is 1.10. The van der Waals surface area contributed by atoms with E-state index in [0.29, 0.717) is 23.3 Å². The third-order valence-electron chi connectivity index (χ3n) is 8.12. The first-order valence-electron chi connectivity index (χ1n) is 10.6. The third-order valence-corrected chi connectivity index (χ3v) is 8.12. The molecule has 4 aliphatic rings. The highest BCUT2D eigenvalue weighted by Gasteiger charge is 2.55.